The van der Waals surface area contributed by atoms with Gasteiger partial charge < -0.3 is 4.74 Å². The summed E-state index contributed by atoms with van der Waals surface area (Å²) in [6, 6.07) is 3.44. The van der Waals surface area contributed by atoms with Crippen molar-refractivity contribution in [1.29, 1.82) is 0 Å². The fourth-order valence-corrected chi connectivity index (χ4v) is 2.87. The standard InChI is InChI=1S/C11H17NO3S/c1-4-8-6-10(15-3)7-9(5-2)11(8)16(12,13)14/h6-7H,4-5H2,1-3H3,(H2,12,13,14). The van der Waals surface area contributed by atoms with Crippen molar-refractivity contribution in [3.8, 4) is 5.75 Å². The SMILES string of the molecule is CCc1cc(OC)cc(CC)c1S(N)(=O)=O. The number of benzene rings is 1. The Balaban J connectivity index is 3.57. The van der Waals surface area contributed by atoms with Crippen LogP contribution in [0.3, 0.4) is 0 Å². The van der Waals surface area contributed by atoms with Gasteiger partial charge in [-0.15, -0.1) is 0 Å². The van der Waals surface area contributed by atoms with E-state index in [-0.39, 0.29) is 4.90 Å². The third-order valence-corrected chi connectivity index (χ3v) is 3.59. The van der Waals surface area contributed by atoms with Crippen LogP contribution in [0.2, 0.25) is 0 Å². The van der Waals surface area contributed by atoms with Gasteiger partial charge in [-0.3, -0.25) is 0 Å². The van der Waals surface area contributed by atoms with Crippen molar-refractivity contribution in [2.75, 3.05) is 7.11 Å². The Morgan fingerprint density at radius 2 is 1.62 bits per heavy atom. The summed E-state index contributed by atoms with van der Waals surface area (Å²) in [4.78, 5) is 0.248. The lowest BCUT2D eigenvalue weighted by molar-refractivity contribution is 0.413. The number of nitrogens with two attached hydrogens (primary N) is 1. The van der Waals surface area contributed by atoms with Crippen molar-refractivity contribution in [2.45, 2.75) is 31.6 Å². The Morgan fingerprint density at radius 3 is 1.88 bits per heavy atom. The van der Waals surface area contributed by atoms with E-state index in [9.17, 15) is 8.42 Å². The molecule has 5 heteroatoms. The minimum atomic E-state index is -3.67. The molecule has 0 aliphatic carbocycles. The summed E-state index contributed by atoms with van der Waals surface area (Å²) in [6.07, 6.45) is 1.21. The number of aryl methyl sites for hydroxylation is 2. The van der Waals surface area contributed by atoms with Crippen molar-refractivity contribution in [3.05, 3.63) is 23.3 Å². The first kappa shape index (κ1) is 13.0. The predicted octanol–water partition coefficient (Wildman–Crippen LogP) is 1.47. The van der Waals surface area contributed by atoms with Crippen LogP contribution < -0.4 is 9.88 Å². The van der Waals surface area contributed by atoms with E-state index in [1.54, 1.807) is 19.2 Å². The zero-order valence-corrected chi connectivity index (χ0v) is 10.6. The quantitative estimate of drug-likeness (QED) is 0.870. The number of rotatable bonds is 4. The summed E-state index contributed by atoms with van der Waals surface area (Å²) in [5.41, 5.74) is 1.41. The van der Waals surface area contributed by atoms with Crippen molar-refractivity contribution in [1.82, 2.24) is 0 Å². The fraction of sp³-hybridized carbons (Fsp3) is 0.455. The van der Waals surface area contributed by atoms with Gasteiger partial charge in [0, 0.05) is 0 Å². The minimum absolute atomic E-state index is 0.248. The van der Waals surface area contributed by atoms with Gasteiger partial charge in [-0.1, -0.05) is 13.8 Å². The van der Waals surface area contributed by atoms with Crippen molar-refractivity contribution >= 4 is 10.0 Å². The maximum Gasteiger partial charge on any atom is 0.238 e. The third kappa shape index (κ3) is 2.54. The van der Waals surface area contributed by atoms with Crippen LogP contribution in [0.25, 0.3) is 0 Å². The zero-order chi connectivity index (χ0) is 12.3. The second-order valence-corrected chi connectivity index (χ2v) is 5.03. The van der Waals surface area contributed by atoms with Gasteiger partial charge in [0.15, 0.2) is 0 Å². The molecule has 0 aromatic heterocycles. The fourth-order valence-electron chi connectivity index (χ4n) is 1.73. The van der Waals surface area contributed by atoms with Crippen LogP contribution in [0.1, 0.15) is 25.0 Å². The molecule has 16 heavy (non-hydrogen) atoms. The number of hydrogen-bond donors (Lipinski definition) is 1. The molecular weight excluding hydrogens is 226 g/mol. The topological polar surface area (TPSA) is 69.4 Å². The molecule has 0 fully saturated rings. The second kappa shape index (κ2) is 4.84. The van der Waals surface area contributed by atoms with Gasteiger partial charge in [0.1, 0.15) is 5.75 Å². The Morgan fingerprint density at radius 1 is 1.19 bits per heavy atom. The number of sulfonamides is 1. The lowest BCUT2D eigenvalue weighted by atomic mass is 10.1. The molecular formula is C11H17NO3S. The van der Waals surface area contributed by atoms with E-state index in [0.29, 0.717) is 29.7 Å². The minimum Gasteiger partial charge on any atom is -0.497 e. The van der Waals surface area contributed by atoms with Crippen molar-refractivity contribution < 1.29 is 13.2 Å². The first-order valence-corrected chi connectivity index (χ1v) is 6.71. The van der Waals surface area contributed by atoms with Crippen LogP contribution in [0.15, 0.2) is 17.0 Å². The largest absolute Gasteiger partial charge is 0.497 e. The van der Waals surface area contributed by atoms with E-state index in [1.165, 1.54) is 0 Å². The molecule has 2 N–H and O–H groups in total. The van der Waals surface area contributed by atoms with Crippen LogP contribution >= 0.6 is 0 Å². The highest BCUT2D eigenvalue weighted by Crippen LogP contribution is 2.26. The van der Waals surface area contributed by atoms with Gasteiger partial charge in [-0.05, 0) is 36.1 Å². The third-order valence-electron chi connectivity index (χ3n) is 2.50. The van der Waals surface area contributed by atoms with Crippen LogP contribution in [0.4, 0.5) is 0 Å². The molecule has 0 radical (unpaired) electrons. The van der Waals surface area contributed by atoms with Gasteiger partial charge in [-0.2, -0.15) is 0 Å². The molecule has 0 bridgehead atoms. The number of methoxy groups -OCH3 is 1. The van der Waals surface area contributed by atoms with Gasteiger partial charge >= 0.3 is 0 Å². The molecule has 0 saturated carbocycles. The lowest BCUT2D eigenvalue weighted by Gasteiger charge is -2.13. The lowest BCUT2D eigenvalue weighted by Crippen LogP contribution is -2.17. The Labute approximate surface area is 96.5 Å². The molecule has 1 aromatic carbocycles. The van der Waals surface area contributed by atoms with Crippen LogP contribution in [-0.4, -0.2) is 15.5 Å². The highest BCUT2D eigenvalue weighted by atomic mass is 32.2. The van der Waals surface area contributed by atoms with E-state index in [2.05, 4.69) is 0 Å². The molecule has 0 atom stereocenters. The monoisotopic (exact) mass is 243 g/mol. The summed E-state index contributed by atoms with van der Waals surface area (Å²) in [7, 11) is -2.11. The van der Waals surface area contributed by atoms with E-state index >= 15 is 0 Å². The second-order valence-electron chi connectivity index (χ2n) is 3.53. The van der Waals surface area contributed by atoms with Crippen LogP contribution in [-0.2, 0) is 22.9 Å². The molecule has 4 nitrogen and oxygen atoms in total. The highest BCUT2D eigenvalue weighted by molar-refractivity contribution is 7.89. The zero-order valence-electron chi connectivity index (χ0n) is 9.78. The molecule has 0 spiro atoms. The molecule has 0 amide bonds. The van der Waals surface area contributed by atoms with E-state index in [1.807, 2.05) is 13.8 Å². The van der Waals surface area contributed by atoms with Gasteiger partial charge in [0.2, 0.25) is 10.0 Å². The molecule has 0 unspecified atom stereocenters. The highest BCUT2D eigenvalue weighted by Gasteiger charge is 2.18. The molecule has 1 aromatic rings. The molecule has 0 heterocycles. The molecule has 1 rings (SSSR count). The Hall–Kier alpha value is -1.07. The first-order chi connectivity index (χ1) is 7.43. The summed E-state index contributed by atoms with van der Waals surface area (Å²) in [5.74, 6) is 0.668. The summed E-state index contributed by atoms with van der Waals surface area (Å²) in [5, 5.41) is 5.23. The number of ether oxygens (including phenoxy) is 1. The molecule has 0 aliphatic heterocycles. The normalized spacial score (nSPS) is 11.5. The molecule has 0 saturated heterocycles. The predicted molar refractivity (Wildman–Crippen MR) is 63.1 cm³/mol. The summed E-state index contributed by atoms with van der Waals surface area (Å²) >= 11 is 0. The maximum atomic E-state index is 11.5. The van der Waals surface area contributed by atoms with Crippen molar-refractivity contribution in [3.63, 3.8) is 0 Å². The molecule has 0 aliphatic rings. The summed E-state index contributed by atoms with van der Waals surface area (Å²) in [6.45, 7) is 3.78. The van der Waals surface area contributed by atoms with E-state index in [4.69, 9.17) is 9.88 Å². The first-order valence-electron chi connectivity index (χ1n) is 5.16. The van der Waals surface area contributed by atoms with Crippen LogP contribution in [0.5, 0.6) is 5.75 Å². The summed E-state index contributed by atoms with van der Waals surface area (Å²) < 4.78 is 28.2. The smallest absolute Gasteiger partial charge is 0.238 e. The van der Waals surface area contributed by atoms with E-state index < -0.39 is 10.0 Å². The van der Waals surface area contributed by atoms with E-state index in [0.717, 1.165) is 0 Å². The Bertz CT molecular complexity index is 455. The van der Waals surface area contributed by atoms with Gasteiger partial charge in [0.05, 0.1) is 12.0 Å². The van der Waals surface area contributed by atoms with Crippen LogP contribution in [0, 0.1) is 0 Å². The average molecular weight is 243 g/mol. The average Bonchev–Trinajstić information content (AvgIpc) is 2.25. The Kier molecular flexibility index (Phi) is 3.93. The van der Waals surface area contributed by atoms with Crippen molar-refractivity contribution in [2.24, 2.45) is 5.14 Å². The van der Waals surface area contributed by atoms with Gasteiger partial charge in [0.25, 0.3) is 0 Å². The molecule has 90 valence electrons. The number of primary sulfonamides is 1. The maximum absolute atomic E-state index is 11.5. The van der Waals surface area contributed by atoms with Gasteiger partial charge in [-0.25, -0.2) is 13.6 Å². The number of hydrogen-bond acceptors (Lipinski definition) is 3.